The molecular weight excluding hydrogens is 440 g/mol. The van der Waals surface area contributed by atoms with E-state index in [1.165, 1.54) is 0 Å². The fraction of sp³-hybridized carbons (Fsp3) is 0.320. The van der Waals surface area contributed by atoms with Crippen LogP contribution in [0.15, 0.2) is 61.2 Å². The van der Waals surface area contributed by atoms with Crippen molar-refractivity contribution in [1.82, 2.24) is 10.6 Å². The maximum atomic E-state index is 12.4. The molecule has 3 rings (SSSR count). The van der Waals surface area contributed by atoms with Gasteiger partial charge in [0.2, 0.25) is 5.91 Å². The van der Waals surface area contributed by atoms with Crippen molar-refractivity contribution in [2.75, 3.05) is 24.7 Å². The number of fused-ring (bicyclic) bond motifs is 3. The van der Waals surface area contributed by atoms with Gasteiger partial charge in [0.1, 0.15) is 12.6 Å². The summed E-state index contributed by atoms with van der Waals surface area (Å²) >= 11 is 1.66. The molecule has 0 fully saturated rings. The number of thioether (sulfide) groups is 1. The molecule has 1 aliphatic carbocycles. The van der Waals surface area contributed by atoms with Crippen LogP contribution in [0.5, 0.6) is 0 Å². The first-order chi connectivity index (χ1) is 16.0. The summed E-state index contributed by atoms with van der Waals surface area (Å²) in [5.74, 6) is -0.271. The van der Waals surface area contributed by atoms with E-state index in [4.69, 9.17) is 9.84 Å². The van der Waals surface area contributed by atoms with E-state index in [0.29, 0.717) is 12.3 Å². The lowest BCUT2D eigenvalue weighted by molar-refractivity contribution is -0.139. The number of carboxylic acids is 1. The zero-order chi connectivity index (χ0) is 23.6. The van der Waals surface area contributed by atoms with E-state index < -0.39 is 30.4 Å². The van der Waals surface area contributed by atoms with Crippen molar-refractivity contribution in [3.8, 4) is 11.1 Å². The van der Waals surface area contributed by atoms with Gasteiger partial charge in [-0.25, -0.2) is 4.79 Å². The Balaban J connectivity index is 1.56. The first-order valence-corrected chi connectivity index (χ1v) is 12.0. The topological polar surface area (TPSA) is 105 Å². The summed E-state index contributed by atoms with van der Waals surface area (Å²) in [6, 6.07) is 14.7. The monoisotopic (exact) mass is 468 g/mol. The van der Waals surface area contributed by atoms with E-state index in [2.05, 4.69) is 17.2 Å². The molecule has 0 heterocycles. The minimum absolute atomic E-state index is 0.0845. The van der Waals surface area contributed by atoms with Crippen molar-refractivity contribution in [1.29, 1.82) is 0 Å². The van der Waals surface area contributed by atoms with Crippen molar-refractivity contribution in [2.45, 2.75) is 24.8 Å². The molecule has 2 aromatic rings. The van der Waals surface area contributed by atoms with E-state index in [9.17, 15) is 14.4 Å². The Labute approximate surface area is 197 Å². The number of hydrogen-bond acceptors (Lipinski definition) is 5. The van der Waals surface area contributed by atoms with Crippen LogP contribution in [-0.2, 0) is 14.3 Å². The Morgan fingerprint density at radius 3 is 2.30 bits per heavy atom. The summed E-state index contributed by atoms with van der Waals surface area (Å²) in [7, 11) is 0. The maximum Gasteiger partial charge on any atom is 0.407 e. The fourth-order valence-corrected chi connectivity index (χ4v) is 4.59. The predicted octanol–water partition coefficient (Wildman–Crippen LogP) is 3.79. The molecule has 1 unspecified atom stereocenters. The van der Waals surface area contributed by atoms with Crippen LogP contribution in [0.1, 0.15) is 29.9 Å². The van der Waals surface area contributed by atoms with E-state index in [0.717, 1.165) is 34.4 Å². The van der Waals surface area contributed by atoms with Crippen molar-refractivity contribution < 1.29 is 24.2 Å². The molecule has 2 amide bonds. The normalized spacial score (nSPS) is 12.8. The van der Waals surface area contributed by atoms with Crippen LogP contribution in [-0.4, -0.2) is 53.8 Å². The SMILES string of the molecule is C=CCCSCCNC(=O)C(CC(=O)O)NC(=O)OCC1c2ccccc2-c2ccccc21. The second-order valence-corrected chi connectivity index (χ2v) is 8.83. The number of benzene rings is 2. The van der Waals surface area contributed by atoms with E-state index in [1.807, 2.05) is 54.6 Å². The number of amides is 2. The summed E-state index contributed by atoms with van der Waals surface area (Å²) in [6.45, 7) is 4.12. The molecule has 0 radical (unpaired) electrons. The van der Waals surface area contributed by atoms with Crippen molar-refractivity contribution in [3.63, 3.8) is 0 Å². The van der Waals surface area contributed by atoms with Gasteiger partial charge in [-0.1, -0.05) is 54.6 Å². The predicted molar refractivity (Wildman–Crippen MR) is 129 cm³/mol. The molecular formula is C25H28N2O5S. The van der Waals surface area contributed by atoms with Crippen LogP contribution in [0.3, 0.4) is 0 Å². The van der Waals surface area contributed by atoms with Gasteiger partial charge in [0.05, 0.1) is 6.42 Å². The number of hydrogen-bond donors (Lipinski definition) is 3. The van der Waals surface area contributed by atoms with Gasteiger partial charge < -0.3 is 20.5 Å². The number of nitrogens with one attached hydrogen (secondary N) is 2. The lowest BCUT2D eigenvalue weighted by Crippen LogP contribution is -2.48. The smallest absolute Gasteiger partial charge is 0.407 e. The van der Waals surface area contributed by atoms with E-state index in [-0.39, 0.29) is 12.5 Å². The van der Waals surface area contributed by atoms with Crippen LogP contribution < -0.4 is 10.6 Å². The quantitative estimate of drug-likeness (QED) is 0.323. The summed E-state index contributed by atoms with van der Waals surface area (Å²) < 4.78 is 5.44. The van der Waals surface area contributed by atoms with Gasteiger partial charge in [-0.15, -0.1) is 6.58 Å². The highest BCUT2D eigenvalue weighted by Gasteiger charge is 2.30. The molecule has 0 aliphatic heterocycles. The van der Waals surface area contributed by atoms with E-state index >= 15 is 0 Å². The molecule has 33 heavy (non-hydrogen) atoms. The van der Waals surface area contributed by atoms with Crippen LogP contribution in [0.4, 0.5) is 4.79 Å². The average Bonchev–Trinajstić information content (AvgIpc) is 3.13. The van der Waals surface area contributed by atoms with Crippen LogP contribution in [0, 0.1) is 0 Å². The summed E-state index contributed by atoms with van der Waals surface area (Å²) in [6.07, 6.45) is 1.36. The lowest BCUT2D eigenvalue weighted by Gasteiger charge is -2.18. The third-order valence-electron chi connectivity index (χ3n) is 5.34. The van der Waals surface area contributed by atoms with Crippen LogP contribution in [0.25, 0.3) is 11.1 Å². The van der Waals surface area contributed by atoms with Gasteiger partial charge in [0.25, 0.3) is 0 Å². The third kappa shape index (κ3) is 6.61. The highest BCUT2D eigenvalue weighted by molar-refractivity contribution is 7.99. The molecule has 7 nitrogen and oxygen atoms in total. The molecule has 0 bridgehead atoms. The number of ether oxygens (including phenoxy) is 1. The lowest BCUT2D eigenvalue weighted by atomic mass is 9.98. The molecule has 0 aromatic heterocycles. The molecule has 0 spiro atoms. The first kappa shape index (κ1) is 24.4. The second kappa shape index (κ2) is 12.1. The van der Waals surface area contributed by atoms with Crippen LogP contribution in [0.2, 0.25) is 0 Å². The van der Waals surface area contributed by atoms with Gasteiger partial charge in [-0.3, -0.25) is 9.59 Å². The molecule has 1 atom stereocenters. The summed E-state index contributed by atoms with van der Waals surface area (Å²) in [5, 5.41) is 14.2. The van der Waals surface area contributed by atoms with Crippen LogP contribution >= 0.6 is 11.8 Å². The molecule has 1 aliphatic rings. The number of carbonyl (C=O) groups is 3. The second-order valence-electron chi connectivity index (χ2n) is 7.60. The first-order valence-electron chi connectivity index (χ1n) is 10.8. The maximum absolute atomic E-state index is 12.4. The van der Waals surface area contributed by atoms with E-state index in [1.54, 1.807) is 11.8 Å². The Bertz CT molecular complexity index is 964. The minimum atomic E-state index is -1.21. The zero-order valence-corrected chi connectivity index (χ0v) is 19.1. The molecule has 3 N–H and O–H groups in total. The fourth-order valence-electron chi connectivity index (χ4n) is 3.80. The minimum Gasteiger partial charge on any atom is -0.481 e. The Kier molecular flexibility index (Phi) is 8.95. The van der Waals surface area contributed by atoms with Gasteiger partial charge in [0, 0.05) is 18.2 Å². The molecule has 2 aromatic carbocycles. The molecule has 0 saturated heterocycles. The Morgan fingerprint density at radius 2 is 1.70 bits per heavy atom. The van der Waals surface area contributed by atoms with Crippen molar-refractivity contribution in [3.05, 3.63) is 72.3 Å². The highest BCUT2D eigenvalue weighted by Crippen LogP contribution is 2.44. The number of aliphatic carboxylic acids is 1. The van der Waals surface area contributed by atoms with Gasteiger partial charge in [-0.2, -0.15) is 11.8 Å². The number of alkyl carbamates (subject to hydrolysis) is 1. The van der Waals surface area contributed by atoms with Crippen molar-refractivity contribution >= 4 is 29.7 Å². The summed E-state index contributed by atoms with van der Waals surface area (Å²) in [5.41, 5.74) is 4.35. The largest absolute Gasteiger partial charge is 0.481 e. The third-order valence-corrected chi connectivity index (χ3v) is 6.36. The highest BCUT2D eigenvalue weighted by atomic mass is 32.2. The Morgan fingerprint density at radius 1 is 1.06 bits per heavy atom. The van der Waals surface area contributed by atoms with Gasteiger partial charge in [-0.05, 0) is 34.4 Å². The van der Waals surface area contributed by atoms with Crippen molar-refractivity contribution in [2.24, 2.45) is 0 Å². The number of carbonyl (C=O) groups excluding carboxylic acids is 2. The van der Waals surface area contributed by atoms with Gasteiger partial charge >= 0.3 is 12.1 Å². The standard InChI is InChI=1S/C25H28N2O5S/c1-2-3-13-33-14-12-26-24(30)22(15-23(28)29)27-25(31)32-16-21-19-10-6-4-8-17(19)18-9-5-7-11-20(18)21/h2,4-11,21-22H,1,3,12-16H2,(H,26,30)(H,27,31)(H,28,29). The molecule has 174 valence electrons. The number of carboxylic acid groups (broad SMARTS) is 1. The number of allylic oxidation sites excluding steroid dienone is 1. The summed E-state index contributed by atoms with van der Waals surface area (Å²) in [4.78, 5) is 36.1. The molecule has 8 heteroatoms. The van der Waals surface area contributed by atoms with Gasteiger partial charge in [0.15, 0.2) is 0 Å². The average molecular weight is 469 g/mol. The zero-order valence-electron chi connectivity index (χ0n) is 18.3. The number of rotatable bonds is 12. The Hall–Kier alpha value is -3.26. The molecule has 0 saturated carbocycles.